The van der Waals surface area contributed by atoms with Gasteiger partial charge in [0.2, 0.25) is 0 Å². The summed E-state index contributed by atoms with van der Waals surface area (Å²) >= 11 is 0. The van der Waals surface area contributed by atoms with Gasteiger partial charge in [0.15, 0.2) is 0 Å². The fourth-order valence-corrected chi connectivity index (χ4v) is 14.7. The van der Waals surface area contributed by atoms with Gasteiger partial charge in [0, 0.05) is 0 Å². The van der Waals surface area contributed by atoms with Crippen molar-refractivity contribution >= 4 is 56.6 Å². The van der Waals surface area contributed by atoms with Crippen molar-refractivity contribution in [2.24, 2.45) is 13.5 Å². The molecule has 1 aliphatic rings. The zero-order chi connectivity index (χ0) is 32.5. The number of hydrogen-bond donors (Lipinski definition) is 0. The Labute approximate surface area is 391 Å². The van der Waals surface area contributed by atoms with Crippen LogP contribution in [0.15, 0.2) is 196 Å². The van der Waals surface area contributed by atoms with Crippen molar-refractivity contribution in [1.29, 1.82) is 0 Å². The van der Waals surface area contributed by atoms with Crippen LogP contribution in [0.2, 0.25) is 0 Å². The molecule has 54 heavy (non-hydrogen) atoms. The molecular formula is C36H30Li6N9P3. The summed E-state index contributed by atoms with van der Waals surface area (Å²) in [5.74, 6) is 0. The molecule has 0 saturated carbocycles. The van der Waals surface area contributed by atoms with Crippen LogP contribution in [0.5, 0.6) is 0 Å². The molecule has 18 heteroatoms. The number of rotatable bonds is 12. The Morgan fingerprint density at radius 1 is 0.222 bits per heavy atom. The van der Waals surface area contributed by atoms with E-state index in [1.807, 2.05) is 182 Å². The summed E-state index contributed by atoms with van der Waals surface area (Å²) in [6.07, 6.45) is 0. The Morgan fingerprint density at radius 2 is 0.352 bits per heavy atom. The SMILES string of the molecule is [Li+].[Li+].[Li+].[Li+].[Li+].[Li+].c1ccc([N-]P2([N-]c3ccccc3)=NP([N-]c3ccccc3)([N-]c3ccccc3)=NP([N-]c3ccccc3)([N-]c3ccccc3)=N2)cc1. The van der Waals surface area contributed by atoms with E-state index in [0.29, 0.717) is 34.1 Å². The molecule has 6 aromatic rings. The average Bonchev–Trinajstić information content (AvgIpc) is 3.10. The summed E-state index contributed by atoms with van der Waals surface area (Å²) in [7, 11) is -10.5. The van der Waals surface area contributed by atoms with E-state index in [0.717, 1.165) is 0 Å². The predicted molar refractivity (Wildman–Crippen MR) is 205 cm³/mol. The van der Waals surface area contributed by atoms with E-state index in [2.05, 4.69) is 0 Å². The molecule has 9 nitrogen and oxygen atoms in total. The van der Waals surface area contributed by atoms with Crippen LogP contribution < -0.4 is 113 Å². The van der Waals surface area contributed by atoms with Crippen molar-refractivity contribution in [2.45, 2.75) is 0 Å². The van der Waals surface area contributed by atoms with Crippen LogP contribution in [0.1, 0.15) is 0 Å². The largest absolute Gasteiger partial charge is 1.00 e. The monoisotopic (exact) mass is 723 g/mol. The molecule has 0 fully saturated rings. The molecule has 0 N–H and O–H groups in total. The Bertz CT molecular complexity index is 1730. The second-order valence-electron chi connectivity index (χ2n) is 10.5. The molecule has 0 amide bonds. The third-order valence-electron chi connectivity index (χ3n) is 6.75. The number of nitrogens with zero attached hydrogens (tertiary/aromatic N) is 9. The second-order valence-corrected chi connectivity index (χ2v) is 17.1. The third kappa shape index (κ3) is 13.8. The van der Waals surface area contributed by atoms with Gasteiger partial charge in [-0.15, -0.1) is 34.1 Å². The van der Waals surface area contributed by atoms with Crippen molar-refractivity contribution < 1.29 is 113 Å². The van der Waals surface area contributed by atoms with Gasteiger partial charge >= 0.3 is 113 Å². The normalized spacial score (nSPS) is 13.6. The van der Waals surface area contributed by atoms with Crippen molar-refractivity contribution in [3.8, 4) is 0 Å². The van der Waals surface area contributed by atoms with Gasteiger partial charge in [0.25, 0.3) is 0 Å². The molecule has 0 saturated heterocycles. The second kappa shape index (κ2) is 24.2. The molecule has 6 aromatic carbocycles. The average molecular weight is 723 g/mol. The van der Waals surface area contributed by atoms with Crippen molar-refractivity contribution in [3.05, 3.63) is 213 Å². The van der Waals surface area contributed by atoms with Crippen LogP contribution in [0.4, 0.5) is 34.1 Å². The molecule has 0 aliphatic carbocycles. The van der Waals surface area contributed by atoms with E-state index in [-0.39, 0.29) is 113 Å². The van der Waals surface area contributed by atoms with Gasteiger partial charge in [-0.1, -0.05) is 205 Å². The molecule has 7 rings (SSSR count). The Balaban J connectivity index is 0.00000243. The maximum absolute atomic E-state index is 5.43. The predicted octanol–water partition coefficient (Wildman–Crippen LogP) is -1.90. The molecule has 1 heterocycles. The minimum absolute atomic E-state index is 0. The summed E-state index contributed by atoms with van der Waals surface area (Å²) < 4.78 is 16.3. The first-order valence-electron chi connectivity index (χ1n) is 15.2. The molecule has 1 aliphatic heterocycles. The topological polar surface area (TPSA) is 122 Å². The van der Waals surface area contributed by atoms with Gasteiger partial charge in [-0.2, -0.15) is 0 Å². The van der Waals surface area contributed by atoms with Gasteiger partial charge in [-0.3, -0.25) is 0 Å². The first kappa shape index (κ1) is 50.4. The number of benzene rings is 6. The minimum atomic E-state index is -3.49. The van der Waals surface area contributed by atoms with E-state index >= 15 is 0 Å². The van der Waals surface area contributed by atoms with E-state index in [4.69, 9.17) is 44.1 Å². The van der Waals surface area contributed by atoms with E-state index in [1.165, 1.54) is 0 Å². The molecule has 0 radical (unpaired) electrons. The van der Waals surface area contributed by atoms with Crippen molar-refractivity contribution in [3.63, 3.8) is 0 Å². The Morgan fingerprint density at radius 3 is 0.481 bits per heavy atom. The fraction of sp³-hybridized carbons (Fsp3) is 0. The van der Waals surface area contributed by atoms with Gasteiger partial charge < -0.3 is 44.1 Å². The van der Waals surface area contributed by atoms with Crippen LogP contribution in [0.3, 0.4) is 0 Å². The van der Waals surface area contributed by atoms with Crippen LogP contribution in [0.25, 0.3) is 30.5 Å². The Kier molecular flexibility index (Phi) is 22.6. The van der Waals surface area contributed by atoms with E-state index < -0.39 is 22.5 Å². The van der Waals surface area contributed by atoms with Gasteiger partial charge in [0.1, 0.15) is 0 Å². The first-order valence-corrected chi connectivity index (χ1v) is 20.0. The fourth-order valence-electron chi connectivity index (χ4n) is 4.74. The van der Waals surface area contributed by atoms with Crippen molar-refractivity contribution in [1.82, 2.24) is 0 Å². The summed E-state index contributed by atoms with van der Waals surface area (Å²) in [6, 6.07) is 57.9. The summed E-state index contributed by atoms with van der Waals surface area (Å²) in [6.45, 7) is 0. The zero-order valence-electron chi connectivity index (χ0n) is 31.7. The molecule has 0 spiro atoms. The summed E-state index contributed by atoms with van der Waals surface area (Å²) in [5, 5.41) is 31.6. The summed E-state index contributed by atoms with van der Waals surface area (Å²) in [4.78, 5) is 0. The maximum atomic E-state index is 5.43. The van der Waals surface area contributed by atoms with Gasteiger partial charge in [-0.25, -0.2) is 0 Å². The zero-order valence-corrected chi connectivity index (χ0v) is 34.4. The van der Waals surface area contributed by atoms with Crippen LogP contribution in [0, 0.1) is 0 Å². The standard InChI is InChI=1S/C36H30N9P3.6Li/c1-7-19-31(20-8-1)37-46(38-32-21-9-2-10-22-32)43-47(39-33-23-11-3-12-24-33,40-34-25-13-4-14-26-34)45-48(44-46,41-35-27-15-5-16-28-35)42-36-29-17-6-18-30-36;;;;;;/h1-30H;;;;;;/q-6;6*+1. The van der Waals surface area contributed by atoms with Crippen LogP contribution in [-0.4, -0.2) is 0 Å². The van der Waals surface area contributed by atoms with E-state index in [1.54, 1.807) is 0 Å². The molecule has 0 bridgehead atoms. The van der Waals surface area contributed by atoms with E-state index in [9.17, 15) is 0 Å². The van der Waals surface area contributed by atoms with Crippen molar-refractivity contribution in [2.75, 3.05) is 0 Å². The Hall–Kier alpha value is -1.61. The van der Waals surface area contributed by atoms with Gasteiger partial charge in [-0.05, 0) is 0 Å². The smallest absolute Gasteiger partial charge is 0.641 e. The first-order chi connectivity index (χ1) is 23.6. The number of hydrogen-bond acceptors (Lipinski definition) is 3. The summed E-state index contributed by atoms with van der Waals surface area (Å²) in [5.41, 5.74) is 4.06. The third-order valence-corrected chi connectivity index (χ3v) is 15.5. The molecule has 0 aromatic heterocycles. The maximum Gasteiger partial charge on any atom is 1.00 e. The molecule has 0 atom stereocenters. The minimum Gasteiger partial charge on any atom is -0.641 e. The molecule has 0 unspecified atom stereocenters. The van der Waals surface area contributed by atoms with Gasteiger partial charge in [0.05, 0.1) is 0 Å². The van der Waals surface area contributed by atoms with Crippen LogP contribution in [-0.2, 0) is 0 Å². The quantitative estimate of drug-likeness (QED) is 0.104. The van der Waals surface area contributed by atoms with Crippen LogP contribution >= 0.6 is 22.5 Å². The molecule has 240 valence electrons. The molecular weight excluding hydrogens is 693 g/mol.